The second kappa shape index (κ2) is 6.98. The van der Waals surface area contributed by atoms with Gasteiger partial charge in [0.1, 0.15) is 0 Å². The number of aryl methyl sites for hydroxylation is 1. The molecule has 1 aliphatic rings. The van der Waals surface area contributed by atoms with Crippen molar-refractivity contribution < 1.29 is 4.79 Å². The third-order valence-corrected chi connectivity index (χ3v) is 4.12. The molecule has 1 N–H and O–H groups in total. The lowest BCUT2D eigenvalue weighted by molar-refractivity contribution is -0.135. The first-order valence-corrected chi connectivity index (χ1v) is 7.81. The minimum absolute atomic E-state index is 0.0932. The van der Waals surface area contributed by atoms with E-state index in [0.29, 0.717) is 6.04 Å². The molecule has 1 saturated heterocycles. The minimum atomic E-state index is 0.0932. The number of hydrogen-bond donors (Lipinski definition) is 1. The number of aromatic nitrogens is 2. The van der Waals surface area contributed by atoms with E-state index in [4.69, 9.17) is 0 Å². The molecular weight excluding hydrogens is 264 g/mol. The van der Waals surface area contributed by atoms with Crippen molar-refractivity contribution in [3.8, 4) is 0 Å². The summed E-state index contributed by atoms with van der Waals surface area (Å²) in [4.78, 5) is 22.7. The Labute approximate surface area is 127 Å². The molecule has 116 valence electrons. The summed E-state index contributed by atoms with van der Waals surface area (Å²) < 4.78 is 0. The largest absolute Gasteiger partial charge is 0.342 e. The Bertz CT molecular complexity index is 481. The maximum atomic E-state index is 12.0. The van der Waals surface area contributed by atoms with Crippen molar-refractivity contribution in [1.82, 2.24) is 20.2 Å². The van der Waals surface area contributed by atoms with Gasteiger partial charge in [-0.2, -0.15) is 0 Å². The van der Waals surface area contributed by atoms with Gasteiger partial charge < -0.3 is 10.2 Å². The van der Waals surface area contributed by atoms with E-state index in [9.17, 15) is 4.79 Å². The highest BCUT2D eigenvalue weighted by molar-refractivity contribution is 5.78. The molecule has 1 unspecified atom stereocenters. The summed E-state index contributed by atoms with van der Waals surface area (Å²) >= 11 is 0. The highest BCUT2D eigenvalue weighted by Crippen LogP contribution is 2.18. The van der Waals surface area contributed by atoms with Crippen LogP contribution in [-0.2, 0) is 4.79 Å². The smallest absolute Gasteiger partial charge is 0.225 e. The molecule has 2 heterocycles. The zero-order valence-electron chi connectivity index (χ0n) is 13.5. The Morgan fingerprint density at radius 3 is 2.43 bits per heavy atom. The van der Waals surface area contributed by atoms with Crippen LogP contribution in [0.3, 0.4) is 0 Å². The molecule has 21 heavy (non-hydrogen) atoms. The molecule has 1 fully saturated rings. The van der Waals surface area contributed by atoms with Crippen molar-refractivity contribution in [1.29, 1.82) is 0 Å². The van der Waals surface area contributed by atoms with Crippen LogP contribution in [0.1, 0.15) is 51.0 Å². The lowest BCUT2D eigenvalue weighted by Gasteiger charge is -2.34. The van der Waals surface area contributed by atoms with Crippen LogP contribution in [-0.4, -0.2) is 39.9 Å². The van der Waals surface area contributed by atoms with Gasteiger partial charge in [0.25, 0.3) is 0 Å². The highest BCUT2D eigenvalue weighted by Gasteiger charge is 2.25. The van der Waals surface area contributed by atoms with Gasteiger partial charge in [0, 0.05) is 43.5 Å². The first-order valence-electron chi connectivity index (χ1n) is 7.81. The third kappa shape index (κ3) is 4.00. The van der Waals surface area contributed by atoms with Crippen molar-refractivity contribution >= 4 is 5.91 Å². The monoisotopic (exact) mass is 290 g/mol. The summed E-state index contributed by atoms with van der Waals surface area (Å²) in [6.07, 6.45) is 5.47. The van der Waals surface area contributed by atoms with Crippen molar-refractivity contribution in [2.45, 2.75) is 52.6 Å². The van der Waals surface area contributed by atoms with Crippen LogP contribution in [0.25, 0.3) is 0 Å². The zero-order chi connectivity index (χ0) is 15.4. The number of hydrogen-bond acceptors (Lipinski definition) is 4. The molecule has 0 aliphatic carbocycles. The van der Waals surface area contributed by atoms with Crippen LogP contribution in [0.15, 0.2) is 12.4 Å². The van der Waals surface area contributed by atoms with Crippen LogP contribution >= 0.6 is 0 Å². The normalized spacial score (nSPS) is 18.0. The number of rotatable bonds is 4. The SMILES string of the molecule is Cc1nccnc1C(C)NC1CCN(C(=O)C(C)C)CC1. The topological polar surface area (TPSA) is 58.1 Å². The summed E-state index contributed by atoms with van der Waals surface area (Å²) in [5.41, 5.74) is 1.99. The van der Waals surface area contributed by atoms with Gasteiger partial charge in [-0.15, -0.1) is 0 Å². The lowest BCUT2D eigenvalue weighted by atomic mass is 10.0. The van der Waals surface area contributed by atoms with E-state index in [2.05, 4.69) is 22.2 Å². The van der Waals surface area contributed by atoms with E-state index in [-0.39, 0.29) is 17.9 Å². The van der Waals surface area contributed by atoms with Gasteiger partial charge in [-0.25, -0.2) is 0 Å². The molecule has 2 rings (SSSR count). The van der Waals surface area contributed by atoms with E-state index in [1.165, 1.54) is 0 Å². The second-order valence-corrected chi connectivity index (χ2v) is 6.17. The number of carbonyl (C=O) groups excluding carboxylic acids is 1. The number of likely N-dealkylation sites (tertiary alicyclic amines) is 1. The van der Waals surface area contributed by atoms with E-state index in [0.717, 1.165) is 37.3 Å². The van der Waals surface area contributed by atoms with Crippen molar-refractivity contribution in [3.63, 3.8) is 0 Å². The van der Waals surface area contributed by atoms with Crippen LogP contribution in [0.5, 0.6) is 0 Å². The predicted octanol–water partition coefficient (Wildman–Crippen LogP) is 2.08. The van der Waals surface area contributed by atoms with Gasteiger partial charge in [0.2, 0.25) is 5.91 Å². The first-order chi connectivity index (χ1) is 9.99. The fraction of sp³-hybridized carbons (Fsp3) is 0.688. The van der Waals surface area contributed by atoms with Crippen molar-refractivity contribution in [2.75, 3.05) is 13.1 Å². The number of nitrogens with one attached hydrogen (secondary N) is 1. The van der Waals surface area contributed by atoms with Gasteiger partial charge in [-0.1, -0.05) is 13.8 Å². The van der Waals surface area contributed by atoms with Crippen LogP contribution < -0.4 is 5.32 Å². The fourth-order valence-electron chi connectivity index (χ4n) is 2.91. The maximum Gasteiger partial charge on any atom is 0.225 e. The average molecular weight is 290 g/mol. The molecule has 0 bridgehead atoms. The Morgan fingerprint density at radius 1 is 1.24 bits per heavy atom. The van der Waals surface area contributed by atoms with E-state index in [1.54, 1.807) is 12.4 Å². The standard InChI is InChI=1S/C16H26N4O/c1-11(2)16(21)20-9-5-14(6-10-20)19-13(4)15-12(3)17-7-8-18-15/h7-8,11,13-14,19H,5-6,9-10H2,1-4H3. The van der Waals surface area contributed by atoms with E-state index >= 15 is 0 Å². The number of carbonyl (C=O) groups is 1. The predicted molar refractivity (Wildman–Crippen MR) is 82.8 cm³/mol. The first kappa shape index (κ1) is 15.9. The maximum absolute atomic E-state index is 12.0. The molecule has 0 saturated carbocycles. The number of nitrogens with zero attached hydrogens (tertiary/aromatic N) is 3. The fourth-order valence-corrected chi connectivity index (χ4v) is 2.91. The Kier molecular flexibility index (Phi) is 5.28. The van der Waals surface area contributed by atoms with E-state index < -0.39 is 0 Å². The average Bonchev–Trinajstić information content (AvgIpc) is 2.47. The van der Waals surface area contributed by atoms with Gasteiger partial charge >= 0.3 is 0 Å². The summed E-state index contributed by atoms with van der Waals surface area (Å²) in [5.74, 6) is 0.363. The zero-order valence-corrected chi connectivity index (χ0v) is 13.5. The molecular formula is C16H26N4O. The third-order valence-electron chi connectivity index (χ3n) is 4.12. The minimum Gasteiger partial charge on any atom is -0.342 e. The van der Waals surface area contributed by atoms with Gasteiger partial charge in [-0.3, -0.25) is 14.8 Å². The molecule has 0 aromatic carbocycles. The quantitative estimate of drug-likeness (QED) is 0.922. The molecule has 5 nitrogen and oxygen atoms in total. The molecule has 1 atom stereocenters. The van der Waals surface area contributed by atoms with Crippen LogP contribution in [0, 0.1) is 12.8 Å². The Hall–Kier alpha value is -1.49. The Balaban J connectivity index is 1.86. The molecule has 0 radical (unpaired) electrons. The highest BCUT2D eigenvalue weighted by atomic mass is 16.2. The molecule has 1 aliphatic heterocycles. The number of amides is 1. The molecule has 1 aromatic rings. The van der Waals surface area contributed by atoms with Gasteiger partial charge in [-0.05, 0) is 26.7 Å². The summed E-state index contributed by atoms with van der Waals surface area (Å²) in [6, 6.07) is 0.633. The second-order valence-electron chi connectivity index (χ2n) is 6.17. The molecule has 1 amide bonds. The van der Waals surface area contributed by atoms with Gasteiger partial charge in [0.15, 0.2) is 0 Å². The number of piperidine rings is 1. The summed E-state index contributed by atoms with van der Waals surface area (Å²) in [6.45, 7) is 9.74. The van der Waals surface area contributed by atoms with Crippen LogP contribution in [0.4, 0.5) is 0 Å². The van der Waals surface area contributed by atoms with Crippen LogP contribution in [0.2, 0.25) is 0 Å². The summed E-state index contributed by atoms with van der Waals surface area (Å²) in [7, 11) is 0. The van der Waals surface area contributed by atoms with Crippen molar-refractivity contribution in [2.24, 2.45) is 5.92 Å². The van der Waals surface area contributed by atoms with E-state index in [1.807, 2.05) is 25.7 Å². The molecule has 5 heteroatoms. The lowest BCUT2D eigenvalue weighted by Crippen LogP contribution is -2.46. The van der Waals surface area contributed by atoms with Crippen molar-refractivity contribution in [3.05, 3.63) is 23.8 Å². The molecule has 0 spiro atoms. The van der Waals surface area contributed by atoms with Gasteiger partial charge in [0.05, 0.1) is 11.4 Å². The summed E-state index contributed by atoms with van der Waals surface area (Å²) in [5, 5.41) is 3.62. The Morgan fingerprint density at radius 2 is 1.86 bits per heavy atom. The molecule has 1 aromatic heterocycles.